The van der Waals surface area contributed by atoms with Crippen LogP contribution < -0.4 is 0 Å². The van der Waals surface area contributed by atoms with Gasteiger partial charge in [-0.1, -0.05) is 46.0 Å². The molecule has 0 saturated heterocycles. The maximum atomic E-state index is 11.4. The fourth-order valence-corrected chi connectivity index (χ4v) is 2.24. The lowest BCUT2D eigenvalue weighted by molar-refractivity contribution is -0.428. The number of ether oxygens (including phenoxy) is 1. The molecule has 0 aromatic rings. The first kappa shape index (κ1) is 21.6. The summed E-state index contributed by atoms with van der Waals surface area (Å²) < 4.78 is 5.10. The van der Waals surface area contributed by atoms with Crippen molar-refractivity contribution in [3.8, 4) is 0 Å². The molecule has 0 aromatic carbocycles. The molecule has 0 unspecified atom stereocenters. The van der Waals surface area contributed by atoms with Crippen LogP contribution >= 0.6 is 0 Å². The second kappa shape index (κ2) is 15.5. The lowest BCUT2D eigenvalue weighted by Crippen LogP contribution is -2.05. The highest BCUT2D eigenvalue weighted by molar-refractivity contribution is 5.69. The van der Waals surface area contributed by atoms with Crippen molar-refractivity contribution >= 4 is 5.97 Å². The molecule has 0 spiro atoms. The van der Waals surface area contributed by atoms with Gasteiger partial charge in [-0.2, -0.15) is 0 Å². The molecule has 0 rings (SSSR count). The Morgan fingerprint density at radius 1 is 0.957 bits per heavy atom. The fraction of sp³-hybridized carbons (Fsp3) is 0.833. The van der Waals surface area contributed by atoms with E-state index in [0.29, 0.717) is 25.1 Å². The summed E-state index contributed by atoms with van der Waals surface area (Å²) in [6.45, 7) is 4.65. The summed E-state index contributed by atoms with van der Waals surface area (Å²) in [5.41, 5.74) is 0.363. The third-order valence-electron chi connectivity index (χ3n) is 3.75. The van der Waals surface area contributed by atoms with Gasteiger partial charge >= 0.3 is 5.97 Å². The molecule has 5 nitrogen and oxygen atoms in total. The summed E-state index contributed by atoms with van der Waals surface area (Å²) in [4.78, 5) is 22.0. The van der Waals surface area contributed by atoms with E-state index in [-0.39, 0.29) is 10.9 Å². The maximum Gasteiger partial charge on any atom is 0.305 e. The van der Waals surface area contributed by atoms with Crippen molar-refractivity contribution in [2.24, 2.45) is 0 Å². The maximum absolute atomic E-state index is 11.4. The molecular formula is C18H33NO4. The van der Waals surface area contributed by atoms with Crippen molar-refractivity contribution in [2.45, 2.75) is 90.9 Å². The van der Waals surface area contributed by atoms with Crippen LogP contribution in [-0.4, -0.2) is 17.5 Å². The molecule has 0 bridgehead atoms. The average Bonchev–Trinajstić information content (AvgIpc) is 2.52. The number of carbonyl (C=O) groups is 1. The summed E-state index contributed by atoms with van der Waals surface area (Å²) in [6, 6.07) is 0. The van der Waals surface area contributed by atoms with Crippen molar-refractivity contribution in [2.75, 3.05) is 6.61 Å². The minimum atomic E-state index is -0.250. The van der Waals surface area contributed by atoms with Gasteiger partial charge in [-0.05, 0) is 38.2 Å². The smallest absolute Gasteiger partial charge is 0.305 e. The van der Waals surface area contributed by atoms with Gasteiger partial charge in [-0.15, -0.1) is 0 Å². The number of carbonyl (C=O) groups excluding carboxylic acids is 1. The second-order valence-corrected chi connectivity index (χ2v) is 5.94. The first-order valence-electron chi connectivity index (χ1n) is 9.10. The van der Waals surface area contributed by atoms with Crippen LogP contribution in [0.25, 0.3) is 0 Å². The molecule has 0 aliphatic carbocycles. The quantitative estimate of drug-likeness (QED) is 0.174. The standard InChI is InChI=1S/C18H33NO4/c1-3-5-13-17(19(21)22)14-11-9-7-8-10-12-15-18(20)23-16-6-4-2/h14H,3-13,15-16H2,1-2H3/b17-14+. The Kier molecular flexibility index (Phi) is 14.6. The van der Waals surface area contributed by atoms with Crippen LogP contribution in [0.4, 0.5) is 0 Å². The van der Waals surface area contributed by atoms with Crippen molar-refractivity contribution in [1.29, 1.82) is 0 Å². The Morgan fingerprint density at radius 3 is 2.26 bits per heavy atom. The molecule has 0 atom stereocenters. The molecule has 134 valence electrons. The summed E-state index contributed by atoms with van der Waals surface area (Å²) in [5.74, 6) is -0.0899. The zero-order chi connectivity index (χ0) is 17.3. The van der Waals surface area contributed by atoms with Crippen LogP contribution in [0.2, 0.25) is 0 Å². The number of nitro groups is 1. The van der Waals surface area contributed by atoms with Gasteiger partial charge in [0.1, 0.15) is 0 Å². The molecule has 0 radical (unpaired) electrons. The second-order valence-electron chi connectivity index (χ2n) is 5.94. The lowest BCUT2D eigenvalue weighted by atomic mass is 10.1. The monoisotopic (exact) mass is 327 g/mol. The zero-order valence-electron chi connectivity index (χ0n) is 14.8. The van der Waals surface area contributed by atoms with Crippen LogP contribution in [0.15, 0.2) is 11.8 Å². The third kappa shape index (κ3) is 14.0. The van der Waals surface area contributed by atoms with Crippen LogP contribution in [0.3, 0.4) is 0 Å². The van der Waals surface area contributed by atoms with Crippen molar-refractivity contribution in [1.82, 2.24) is 0 Å². The highest BCUT2D eigenvalue weighted by Crippen LogP contribution is 2.12. The van der Waals surface area contributed by atoms with Crippen LogP contribution in [0.1, 0.15) is 90.9 Å². The predicted octanol–water partition coefficient (Wildman–Crippen LogP) is 5.41. The van der Waals surface area contributed by atoms with Gasteiger partial charge in [0.25, 0.3) is 0 Å². The number of allylic oxidation sites excluding steroid dienone is 2. The van der Waals surface area contributed by atoms with E-state index in [1.807, 2.05) is 6.92 Å². The predicted molar refractivity (Wildman–Crippen MR) is 92.8 cm³/mol. The highest BCUT2D eigenvalue weighted by Gasteiger charge is 2.08. The highest BCUT2D eigenvalue weighted by atomic mass is 16.6. The first-order valence-corrected chi connectivity index (χ1v) is 9.10. The first-order chi connectivity index (χ1) is 11.1. The summed E-state index contributed by atoms with van der Waals surface area (Å²) >= 11 is 0. The molecule has 0 aromatic heterocycles. The Hall–Kier alpha value is -1.39. The van der Waals surface area contributed by atoms with E-state index in [9.17, 15) is 14.9 Å². The Labute approximate surface area is 140 Å². The van der Waals surface area contributed by atoms with Gasteiger partial charge in [0.05, 0.1) is 11.5 Å². The topological polar surface area (TPSA) is 69.4 Å². The normalized spacial score (nSPS) is 11.5. The number of hydrogen-bond donors (Lipinski definition) is 0. The number of rotatable bonds is 15. The molecule has 0 amide bonds. The van der Waals surface area contributed by atoms with E-state index in [4.69, 9.17) is 4.74 Å². The molecule has 0 fully saturated rings. The van der Waals surface area contributed by atoms with Gasteiger partial charge in [0, 0.05) is 12.8 Å². The van der Waals surface area contributed by atoms with Crippen LogP contribution in [-0.2, 0) is 9.53 Å². The van der Waals surface area contributed by atoms with Crippen molar-refractivity contribution < 1.29 is 14.5 Å². The molecule has 0 N–H and O–H groups in total. The largest absolute Gasteiger partial charge is 0.466 e. The average molecular weight is 327 g/mol. The molecule has 0 aliphatic rings. The van der Waals surface area contributed by atoms with Gasteiger partial charge < -0.3 is 4.74 Å². The van der Waals surface area contributed by atoms with Crippen LogP contribution in [0, 0.1) is 10.1 Å². The SMILES string of the molecule is CCCCOC(=O)CCCCCCC/C=C(\CCCC)[N+](=O)[O-]. The van der Waals surface area contributed by atoms with E-state index in [0.717, 1.165) is 64.2 Å². The fourth-order valence-electron chi connectivity index (χ4n) is 2.24. The Morgan fingerprint density at radius 2 is 1.61 bits per heavy atom. The molecular weight excluding hydrogens is 294 g/mol. The molecule has 0 aliphatic heterocycles. The number of hydrogen-bond acceptors (Lipinski definition) is 4. The van der Waals surface area contributed by atoms with Gasteiger partial charge in [-0.25, -0.2) is 0 Å². The Bertz CT molecular complexity index is 353. The molecule has 23 heavy (non-hydrogen) atoms. The molecule has 5 heteroatoms. The minimum absolute atomic E-state index is 0.0899. The number of nitrogens with zero attached hydrogens (tertiary/aromatic N) is 1. The van der Waals surface area contributed by atoms with E-state index in [1.54, 1.807) is 6.08 Å². The summed E-state index contributed by atoms with van der Waals surface area (Å²) in [7, 11) is 0. The van der Waals surface area contributed by atoms with Gasteiger partial charge in [0.2, 0.25) is 5.70 Å². The van der Waals surface area contributed by atoms with E-state index in [1.165, 1.54) is 0 Å². The van der Waals surface area contributed by atoms with Crippen LogP contribution in [0.5, 0.6) is 0 Å². The van der Waals surface area contributed by atoms with Crippen molar-refractivity contribution in [3.05, 3.63) is 21.9 Å². The molecule has 0 saturated carbocycles. The number of unbranched alkanes of at least 4 members (excludes halogenated alkanes) is 7. The Balaban J connectivity index is 3.57. The third-order valence-corrected chi connectivity index (χ3v) is 3.75. The van der Waals surface area contributed by atoms with Gasteiger partial charge in [-0.3, -0.25) is 14.9 Å². The lowest BCUT2D eigenvalue weighted by Gasteiger charge is -2.03. The molecule has 0 heterocycles. The zero-order valence-corrected chi connectivity index (χ0v) is 14.8. The van der Waals surface area contributed by atoms with E-state index < -0.39 is 0 Å². The van der Waals surface area contributed by atoms with Gasteiger partial charge in [0.15, 0.2) is 0 Å². The summed E-state index contributed by atoms with van der Waals surface area (Å²) in [6.07, 6.45) is 12.5. The van der Waals surface area contributed by atoms with Crippen molar-refractivity contribution in [3.63, 3.8) is 0 Å². The number of esters is 1. The summed E-state index contributed by atoms with van der Waals surface area (Å²) in [5, 5.41) is 10.9. The van der Waals surface area contributed by atoms with E-state index in [2.05, 4.69) is 6.92 Å². The minimum Gasteiger partial charge on any atom is -0.466 e. The van der Waals surface area contributed by atoms with E-state index >= 15 is 0 Å².